The summed E-state index contributed by atoms with van der Waals surface area (Å²) < 4.78 is 51.6. The standard InChI is InChI=1S/C19H17F3N2O3S/c1-26-12-4-2-10(3-5-12)9-27-19(25)24-17-13(8-23-18(17)28)16-14(21)6-11(20)7-15(16)22/h2-7,13,17H,8-9H2,1H3,(H,23,28)(H,24,25)/t13-,17-/m0/s1. The number of nitrogens with one attached hydrogen (secondary N) is 2. The second-order valence-corrected chi connectivity index (χ2v) is 6.62. The number of carbonyl (C=O) groups excluding carboxylic acids is 1. The summed E-state index contributed by atoms with van der Waals surface area (Å²) in [4.78, 5) is 12.4. The molecule has 2 aromatic rings. The third-order valence-electron chi connectivity index (χ3n) is 4.40. The van der Waals surface area contributed by atoms with E-state index in [-0.39, 0.29) is 23.7 Å². The van der Waals surface area contributed by atoms with Crippen LogP contribution in [0.3, 0.4) is 0 Å². The van der Waals surface area contributed by atoms with Gasteiger partial charge in [-0.3, -0.25) is 0 Å². The fourth-order valence-corrected chi connectivity index (χ4v) is 3.31. The van der Waals surface area contributed by atoms with Gasteiger partial charge >= 0.3 is 6.09 Å². The third-order valence-corrected chi connectivity index (χ3v) is 4.80. The predicted octanol–water partition coefficient (Wildman–Crippen LogP) is 3.42. The second kappa shape index (κ2) is 8.47. The lowest BCUT2D eigenvalue weighted by atomic mass is 9.93. The van der Waals surface area contributed by atoms with Crippen molar-refractivity contribution in [2.24, 2.45) is 0 Å². The summed E-state index contributed by atoms with van der Waals surface area (Å²) in [6.45, 7) is 0.0917. The van der Waals surface area contributed by atoms with Crippen LogP contribution in [-0.4, -0.2) is 30.8 Å². The lowest BCUT2D eigenvalue weighted by molar-refractivity contribution is 0.137. The number of hydrogen-bond donors (Lipinski definition) is 2. The number of hydrogen-bond acceptors (Lipinski definition) is 4. The number of amides is 1. The number of rotatable bonds is 5. The van der Waals surface area contributed by atoms with Crippen molar-refractivity contribution in [2.45, 2.75) is 18.6 Å². The van der Waals surface area contributed by atoms with Crippen LogP contribution in [0.5, 0.6) is 5.75 Å². The molecule has 1 aliphatic heterocycles. The van der Waals surface area contributed by atoms with Crippen molar-refractivity contribution in [2.75, 3.05) is 13.7 Å². The first-order valence-corrected chi connectivity index (χ1v) is 8.78. The van der Waals surface area contributed by atoms with Crippen molar-refractivity contribution in [3.63, 3.8) is 0 Å². The Morgan fingerprint density at radius 2 is 1.86 bits per heavy atom. The van der Waals surface area contributed by atoms with Crippen molar-refractivity contribution >= 4 is 23.3 Å². The molecule has 0 unspecified atom stereocenters. The normalized spacial score (nSPS) is 18.5. The zero-order chi connectivity index (χ0) is 20.3. The maximum atomic E-state index is 14.1. The van der Waals surface area contributed by atoms with E-state index < -0.39 is 35.5 Å². The molecule has 1 amide bonds. The molecule has 0 saturated carbocycles. The van der Waals surface area contributed by atoms with Gasteiger partial charge in [0.1, 0.15) is 29.8 Å². The van der Waals surface area contributed by atoms with Crippen LogP contribution in [0.15, 0.2) is 36.4 Å². The molecule has 28 heavy (non-hydrogen) atoms. The van der Waals surface area contributed by atoms with Crippen LogP contribution in [-0.2, 0) is 11.3 Å². The van der Waals surface area contributed by atoms with Gasteiger partial charge in [0.15, 0.2) is 0 Å². The summed E-state index contributed by atoms with van der Waals surface area (Å²) in [5.74, 6) is -3.25. The van der Waals surface area contributed by atoms with Gasteiger partial charge < -0.3 is 20.1 Å². The minimum absolute atomic E-state index is 0.00727. The molecule has 1 heterocycles. The maximum absolute atomic E-state index is 14.1. The van der Waals surface area contributed by atoms with Gasteiger partial charge in [0, 0.05) is 30.2 Å². The highest BCUT2D eigenvalue weighted by Gasteiger charge is 2.38. The van der Waals surface area contributed by atoms with Crippen LogP contribution in [0, 0.1) is 17.5 Å². The van der Waals surface area contributed by atoms with E-state index in [4.69, 9.17) is 21.7 Å². The molecule has 2 N–H and O–H groups in total. The fraction of sp³-hybridized carbons (Fsp3) is 0.263. The molecular weight excluding hydrogens is 393 g/mol. The Morgan fingerprint density at radius 3 is 2.46 bits per heavy atom. The van der Waals surface area contributed by atoms with Crippen LogP contribution >= 0.6 is 12.2 Å². The van der Waals surface area contributed by atoms with E-state index >= 15 is 0 Å². The van der Waals surface area contributed by atoms with E-state index in [2.05, 4.69) is 10.6 Å². The Bertz CT molecular complexity index is 869. The number of ether oxygens (including phenoxy) is 2. The number of methoxy groups -OCH3 is 1. The molecule has 2 atom stereocenters. The minimum Gasteiger partial charge on any atom is -0.497 e. The molecule has 1 aliphatic rings. The molecule has 0 radical (unpaired) electrons. The van der Waals surface area contributed by atoms with E-state index in [0.29, 0.717) is 17.9 Å². The Kier molecular flexibility index (Phi) is 6.03. The minimum atomic E-state index is -1.03. The summed E-state index contributed by atoms with van der Waals surface area (Å²) in [5, 5.41) is 5.32. The molecule has 0 aromatic heterocycles. The molecular formula is C19H17F3N2O3S. The molecule has 5 nitrogen and oxygen atoms in total. The largest absolute Gasteiger partial charge is 0.497 e. The van der Waals surface area contributed by atoms with Crippen molar-refractivity contribution < 1.29 is 27.4 Å². The SMILES string of the molecule is COc1ccc(COC(=O)N[C@@H]2C(=S)NC[C@H]2c2c(F)cc(F)cc2F)cc1. The highest BCUT2D eigenvalue weighted by molar-refractivity contribution is 7.80. The predicted molar refractivity (Wildman–Crippen MR) is 99.8 cm³/mol. The first-order chi connectivity index (χ1) is 13.4. The summed E-state index contributed by atoms with van der Waals surface area (Å²) in [5.41, 5.74) is 0.393. The van der Waals surface area contributed by atoms with Crippen molar-refractivity contribution in [1.29, 1.82) is 0 Å². The van der Waals surface area contributed by atoms with E-state index in [1.807, 2.05) is 0 Å². The molecule has 0 aliphatic carbocycles. The van der Waals surface area contributed by atoms with Gasteiger partial charge in [0.2, 0.25) is 0 Å². The summed E-state index contributed by atoms with van der Waals surface area (Å²) in [6.07, 6.45) is -0.792. The maximum Gasteiger partial charge on any atom is 0.408 e. The Morgan fingerprint density at radius 1 is 1.21 bits per heavy atom. The van der Waals surface area contributed by atoms with E-state index in [0.717, 1.165) is 5.56 Å². The molecule has 2 aromatic carbocycles. The van der Waals surface area contributed by atoms with Crippen molar-refractivity contribution in [3.8, 4) is 5.75 Å². The smallest absolute Gasteiger partial charge is 0.408 e. The van der Waals surface area contributed by atoms with Crippen LogP contribution < -0.4 is 15.4 Å². The number of halogens is 3. The van der Waals surface area contributed by atoms with Gasteiger partial charge in [0.05, 0.1) is 18.1 Å². The van der Waals surface area contributed by atoms with Crippen LogP contribution in [0.2, 0.25) is 0 Å². The highest BCUT2D eigenvalue weighted by atomic mass is 32.1. The number of alkyl carbamates (subject to hydrolysis) is 1. The Balaban J connectivity index is 1.67. The van der Waals surface area contributed by atoms with E-state index in [1.54, 1.807) is 31.4 Å². The second-order valence-electron chi connectivity index (χ2n) is 6.18. The van der Waals surface area contributed by atoms with Gasteiger partial charge in [-0.25, -0.2) is 18.0 Å². The first-order valence-electron chi connectivity index (χ1n) is 8.37. The van der Waals surface area contributed by atoms with Crippen molar-refractivity contribution in [1.82, 2.24) is 10.6 Å². The molecule has 0 spiro atoms. The van der Waals surface area contributed by atoms with Gasteiger partial charge in [-0.15, -0.1) is 0 Å². The molecule has 0 bridgehead atoms. The Labute approximate surface area is 164 Å². The van der Waals surface area contributed by atoms with Crippen LogP contribution in [0.1, 0.15) is 17.0 Å². The van der Waals surface area contributed by atoms with Gasteiger partial charge in [-0.1, -0.05) is 24.4 Å². The number of thiocarbonyl (C=S) groups is 1. The van der Waals surface area contributed by atoms with Gasteiger partial charge in [-0.05, 0) is 17.7 Å². The van der Waals surface area contributed by atoms with E-state index in [9.17, 15) is 18.0 Å². The Hall–Kier alpha value is -2.81. The zero-order valence-electron chi connectivity index (χ0n) is 14.8. The average Bonchev–Trinajstić information content (AvgIpc) is 3.00. The van der Waals surface area contributed by atoms with Gasteiger partial charge in [0.25, 0.3) is 0 Å². The monoisotopic (exact) mass is 410 g/mol. The summed E-state index contributed by atoms with van der Waals surface area (Å²) >= 11 is 5.14. The number of benzene rings is 2. The lowest BCUT2D eigenvalue weighted by Crippen LogP contribution is -2.42. The molecule has 3 rings (SSSR count). The van der Waals surface area contributed by atoms with Crippen molar-refractivity contribution in [3.05, 3.63) is 65.0 Å². The summed E-state index contributed by atoms with van der Waals surface area (Å²) in [7, 11) is 1.54. The first kappa shape index (κ1) is 19.9. The molecule has 148 valence electrons. The topological polar surface area (TPSA) is 59.6 Å². The average molecular weight is 410 g/mol. The van der Waals surface area contributed by atoms with Crippen LogP contribution in [0.4, 0.5) is 18.0 Å². The lowest BCUT2D eigenvalue weighted by Gasteiger charge is -2.20. The van der Waals surface area contributed by atoms with Crippen LogP contribution in [0.25, 0.3) is 0 Å². The van der Waals surface area contributed by atoms with E-state index in [1.165, 1.54) is 0 Å². The van der Waals surface area contributed by atoms with Gasteiger partial charge in [-0.2, -0.15) is 0 Å². The molecule has 9 heteroatoms. The summed E-state index contributed by atoms with van der Waals surface area (Å²) in [6, 6.07) is 7.23. The number of carbonyl (C=O) groups is 1. The molecule has 1 fully saturated rings. The third kappa shape index (κ3) is 4.36. The highest BCUT2D eigenvalue weighted by Crippen LogP contribution is 2.29. The fourth-order valence-electron chi connectivity index (χ4n) is 3.00. The zero-order valence-corrected chi connectivity index (χ0v) is 15.6. The quantitative estimate of drug-likeness (QED) is 0.740. The molecule has 1 saturated heterocycles.